The van der Waals surface area contributed by atoms with Crippen LogP contribution in [-0.4, -0.2) is 14.7 Å². The highest BCUT2D eigenvalue weighted by Gasteiger charge is 2.12. The molecule has 0 radical (unpaired) electrons. The molecule has 0 unspecified atom stereocenters. The molecule has 3 aromatic rings. The summed E-state index contributed by atoms with van der Waals surface area (Å²) in [6, 6.07) is 14.7. The molecule has 0 saturated carbocycles. The third-order valence-corrected chi connectivity index (χ3v) is 3.82. The van der Waals surface area contributed by atoms with Crippen molar-refractivity contribution < 1.29 is 4.92 Å². The molecule has 0 aliphatic rings. The first-order valence-electron chi connectivity index (χ1n) is 7.49. The fourth-order valence-corrected chi connectivity index (χ4v) is 2.48. The topological polar surface area (TPSA) is 61.0 Å². The van der Waals surface area contributed by atoms with Gasteiger partial charge < -0.3 is 0 Å². The highest BCUT2D eigenvalue weighted by atomic mass is 16.6. The van der Waals surface area contributed by atoms with E-state index in [1.165, 1.54) is 17.7 Å². The van der Waals surface area contributed by atoms with Crippen LogP contribution in [0.3, 0.4) is 0 Å². The van der Waals surface area contributed by atoms with Gasteiger partial charge in [0, 0.05) is 23.9 Å². The fourth-order valence-electron chi connectivity index (χ4n) is 2.48. The number of rotatable bonds is 4. The summed E-state index contributed by atoms with van der Waals surface area (Å²) in [7, 11) is 0. The lowest BCUT2D eigenvalue weighted by molar-refractivity contribution is -0.384. The van der Waals surface area contributed by atoms with E-state index in [4.69, 9.17) is 0 Å². The van der Waals surface area contributed by atoms with Crippen LogP contribution in [0.2, 0.25) is 0 Å². The average molecular weight is 307 g/mol. The molecule has 5 nitrogen and oxygen atoms in total. The molecule has 5 heteroatoms. The van der Waals surface area contributed by atoms with E-state index in [9.17, 15) is 10.1 Å². The summed E-state index contributed by atoms with van der Waals surface area (Å²) < 4.78 is 1.78. The highest BCUT2D eigenvalue weighted by molar-refractivity contribution is 5.63. The van der Waals surface area contributed by atoms with Gasteiger partial charge in [0.1, 0.15) is 0 Å². The minimum Gasteiger partial charge on any atom is -0.258 e. The minimum atomic E-state index is -0.401. The Hall–Kier alpha value is -2.95. The van der Waals surface area contributed by atoms with Crippen molar-refractivity contribution in [3.05, 3.63) is 76.0 Å². The molecule has 23 heavy (non-hydrogen) atoms. The fraction of sp³-hybridized carbons (Fsp3) is 0.167. The highest BCUT2D eigenvalue weighted by Crippen LogP contribution is 2.25. The molecule has 0 saturated heterocycles. The zero-order valence-corrected chi connectivity index (χ0v) is 13.1. The molecule has 0 aliphatic heterocycles. The third-order valence-electron chi connectivity index (χ3n) is 3.82. The predicted octanol–water partition coefficient (Wildman–Crippen LogP) is 4.32. The summed E-state index contributed by atoms with van der Waals surface area (Å²) in [5.74, 6) is 0. The quantitative estimate of drug-likeness (QED) is 0.533. The minimum absolute atomic E-state index is 0.0791. The van der Waals surface area contributed by atoms with Crippen molar-refractivity contribution in [3.63, 3.8) is 0 Å². The Morgan fingerprint density at radius 1 is 1.09 bits per heavy atom. The van der Waals surface area contributed by atoms with Crippen LogP contribution in [0, 0.1) is 17.0 Å². The van der Waals surface area contributed by atoms with Gasteiger partial charge in [0.15, 0.2) is 0 Å². The van der Waals surface area contributed by atoms with Crippen LogP contribution in [0.15, 0.2) is 54.7 Å². The van der Waals surface area contributed by atoms with Crippen molar-refractivity contribution in [2.45, 2.75) is 20.3 Å². The Kier molecular flexibility index (Phi) is 3.93. The van der Waals surface area contributed by atoms with Gasteiger partial charge in [-0.1, -0.05) is 36.8 Å². The number of aromatic nitrogens is 2. The van der Waals surface area contributed by atoms with Gasteiger partial charge >= 0.3 is 0 Å². The van der Waals surface area contributed by atoms with Crippen LogP contribution in [0.4, 0.5) is 5.69 Å². The Morgan fingerprint density at radius 3 is 2.30 bits per heavy atom. The summed E-state index contributed by atoms with van der Waals surface area (Å²) in [5, 5.41) is 15.4. The molecular formula is C18H17N3O2. The van der Waals surface area contributed by atoms with Crippen molar-refractivity contribution in [2.24, 2.45) is 0 Å². The van der Waals surface area contributed by atoms with E-state index in [0.717, 1.165) is 28.9 Å². The molecule has 0 atom stereocenters. The van der Waals surface area contributed by atoms with Gasteiger partial charge in [0.2, 0.25) is 0 Å². The lowest BCUT2D eigenvalue weighted by atomic mass is 10.1. The summed E-state index contributed by atoms with van der Waals surface area (Å²) in [4.78, 5) is 10.3. The lowest BCUT2D eigenvalue weighted by Crippen LogP contribution is -1.95. The first-order valence-corrected chi connectivity index (χ1v) is 7.49. The predicted molar refractivity (Wildman–Crippen MR) is 89.8 cm³/mol. The zero-order chi connectivity index (χ0) is 16.4. The smallest absolute Gasteiger partial charge is 0.258 e. The molecule has 0 aliphatic carbocycles. The second-order valence-electron chi connectivity index (χ2n) is 5.44. The second kappa shape index (κ2) is 6.04. The molecule has 0 N–H and O–H groups in total. The van der Waals surface area contributed by atoms with Gasteiger partial charge in [0.05, 0.1) is 16.3 Å². The maximum Gasteiger partial charge on any atom is 0.269 e. The van der Waals surface area contributed by atoms with Gasteiger partial charge in [-0.3, -0.25) is 10.1 Å². The monoisotopic (exact) mass is 307 g/mol. The van der Waals surface area contributed by atoms with Gasteiger partial charge in [0.25, 0.3) is 5.69 Å². The molecule has 0 amide bonds. The number of nitro groups is 1. The van der Waals surface area contributed by atoms with Crippen molar-refractivity contribution in [1.29, 1.82) is 0 Å². The number of nitrogens with zero attached hydrogens (tertiary/aromatic N) is 3. The van der Waals surface area contributed by atoms with E-state index in [2.05, 4.69) is 43.2 Å². The van der Waals surface area contributed by atoms with E-state index in [-0.39, 0.29) is 5.69 Å². The summed E-state index contributed by atoms with van der Waals surface area (Å²) in [5.41, 5.74) is 5.27. The Morgan fingerprint density at radius 2 is 1.74 bits per heavy atom. The van der Waals surface area contributed by atoms with Gasteiger partial charge in [-0.05, 0) is 31.0 Å². The SMILES string of the molecule is CCc1cn(-c2ccc([N+](=O)[O-])cc2)nc1-c1ccc(C)cc1. The third kappa shape index (κ3) is 2.99. The van der Waals surface area contributed by atoms with E-state index < -0.39 is 4.92 Å². The Labute approximate surface area is 134 Å². The van der Waals surface area contributed by atoms with Crippen LogP contribution < -0.4 is 0 Å². The molecule has 0 spiro atoms. The van der Waals surface area contributed by atoms with Crippen LogP contribution in [0.25, 0.3) is 16.9 Å². The van der Waals surface area contributed by atoms with Crippen molar-refractivity contribution >= 4 is 5.69 Å². The number of benzene rings is 2. The summed E-state index contributed by atoms with van der Waals surface area (Å²) >= 11 is 0. The summed E-state index contributed by atoms with van der Waals surface area (Å²) in [6.45, 7) is 4.15. The maximum atomic E-state index is 10.7. The second-order valence-corrected chi connectivity index (χ2v) is 5.44. The Bertz CT molecular complexity index is 834. The molecule has 1 aromatic heterocycles. The van der Waals surface area contributed by atoms with Crippen LogP contribution in [-0.2, 0) is 6.42 Å². The number of nitro benzene ring substituents is 1. The van der Waals surface area contributed by atoms with Crippen LogP contribution >= 0.6 is 0 Å². The van der Waals surface area contributed by atoms with Gasteiger partial charge in [-0.25, -0.2) is 4.68 Å². The summed E-state index contributed by atoms with van der Waals surface area (Å²) in [6.07, 6.45) is 2.85. The zero-order valence-electron chi connectivity index (χ0n) is 13.1. The van der Waals surface area contributed by atoms with Gasteiger partial charge in [-0.2, -0.15) is 5.10 Å². The van der Waals surface area contributed by atoms with Crippen LogP contribution in [0.5, 0.6) is 0 Å². The lowest BCUT2D eigenvalue weighted by Gasteiger charge is -2.01. The maximum absolute atomic E-state index is 10.7. The molecule has 3 rings (SSSR count). The van der Waals surface area contributed by atoms with Crippen LogP contribution in [0.1, 0.15) is 18.1 Å². The van der Waals surface area contributed by atoms with Crippen molar-refractivity contribution in [3.8, 4) is 16.9 Å². The van der Waals surface area contributed by atoms with Crippen molar-refractivity contribution in [2.75, 3.05) is 0 Å². The molecule has 116 valence electrons. The number of aryl methyl sites for hydroxylation is 2. The molecule has 0 bridgehead atoms. The average Bonchev–Trinajstić information content (AvgIpc) is 3.00. The van der Waals surface area contributed by atoms with E-state index in [0.29, 0.717) is 0 Å². The molecule has 1 heterocycles. The standard InChI is InChI=1S/C18H17N3O2/c1-3-14-12-20(16-8-10-17(11-9-16)21(22)23)19-18(14)15-6-4-13(2)5-7-15/h4-12H,3H2,1-2H3. The first-order chi connectivity index (χ1) is 11.1. The molecular weight excluding hydrogens is 290 g/mol. The van der Waals surface area contributed by atoms with E-state index in [1.54, 1.807) is 16.8 Å². The number of non-ortho nitro benzene ring substituents is 1. The Balaban J connectivity index is 2.01. The number of hydrogen-bond donors (Lipinski definition) is 0. The van der Waals surface area contributed by atoms with Crippen molar-refractivity contribution in [1.82, 2.24) is 9.78 Å². The van der Waals surface area contributed by atoms with E-state index >= 15 is 0 Å². The normalized spacial score (nSPS) is 10.7. The van der Waals surface area contributed by atoms with E-state index in [1.807, 2.05) is 6.20 Å². The molecule has 2 aromatic carbocycles. The van der Waals surface area contributed by atoms with Gasteiger partial charge in [-0.15, -0.1) is 0 Å². The first kappa shape index (κ1) is 15.0. The number of hydrogen-bond acceptors (Lipinski definition) is 3. The molecule has 0 fully saturated rings. The largest absolute Gasteiger partial charge is 0.269 e.